The summed E-state index contributed by atoms with van der Waals surface area (Å²) >= 11 is 0. The lowest BCUT2D eigenvalue weighted by Crippen LogP contribution is -2.15. The van der Waals surface area contributed by atoms with Crippen molar-refractivity contribution in [2.24, 2.45) is 5.73 Å². The third-order valence-corrected chi connectivity index (χ3v) is 6.94. The minimum atomic E-state index is -3.95. The lowest BCUT2D eigenvalue weighted by Gasteiger charge is -2.11. The van der Waals surface area contributed by atoms with Crippen LogP contribution in [0, 0.1) is 5.41 Å². The Labute approximate surface area is 200 Å². The first-order valence-electron chi connectivity index (χ1n) is 10.6. The monoisotopic (exact) mass is 484 g/mol. The number of nitrogens with zero attached hydrogens (tertiary/aromatic N) is 2. The maximum absolute atomic E-state index is 13.1. The second-order valence-electron chi connectivity index (χ2n) is 7.97. The van der Waals surface area contributed by atoms with Gasteiger partial charge in [-0.25, -0.2) is 13.4 Å². The molecule has 0 aliphatic rings. The Hall–Kier alpha value is -4.57. The number of nitrogens with two attached hydrogens (primary N) is 1. The molecule has 0 atom stereocenters. The van der Waals surface area contributed by atoms with Gasteiger partial charge in [-0.15, -0.1) is 0 Å². The summed E-state index contributed by atoms with van der Waals surface area (Å²) in [5.41, 5.74) is 7.66. The number of aromatic nitrogens is 3. The van der Waals surface area contributed by atoms with Crippen molar-refractivity contribution in [1.82, 2.24) is 15.0 Å². The average Bonchev–Trinajstić information content (AvgIpc) is 2.84. The van der Waals surface area contributed by atoms with E-state index in [0.29, 0.717) is 34.2 Å². The number of fused-ring (bicyclic) bond motifs is 2. The highest BCUT2D eigenvalue weighted by Crippen LogP contribution is 2.24. The summed E-state index contributed by atoms with van der Waals surface area (Å²) in [4.78, 5) is 24.3. The van der Waals surface area contributed by atoms with E-state index in [2.05, 4.69) is 19.7 Å². The quantitative estimate of drug-likeness (QED) is 0.214. The molecule has 10 heteroatoms. The van der Waals surface area contributed by atoms with Gasteiger partial charge in [0.15, 0.2) is 0 Å². The molecule has 5 aromatic rings. The first-order chi connectivity index (χ1) is 16.8. The third-order valence-electron chi connectivity index (χ3n) is 5.53. The van der Waals surface area contributed by atoms with E-state index < -0.39 is 10.0 Å². The summed E-state index contributed by atoms with van der Waals surface area (Å²) in [5.74, 6) is 0.449. The average molecular weight is 485 g/mol. The number of pyridine rings is 1. The van der Waals surface area contributed by atoms with Crippen molar-refractivity contribution >= 4 is 43.4 Å². The van der Waals surface area contributed by atoms with Gasteiger partial charge in [-0.3, -0.25) is 19.9 Å². The molecule has 0 saturated heterocycles. The Kier molecular flexibility index (Phi) is 5.50. The van der Waals surface area contributed by atoms with Crippen molar-refractivity contribution in [1.29, 1.82) is 5.41 Å². The summed E-state index contributed by atoms with van der Waals surface area (Å²) in [5, 5.41) is 8.44. The van der Waals surface area contributed by atoms with Crippen molar-refractivity contribution in [3.63, 3.8) is 0 Å². The normalized spacial score (nSPS) is 11.5. The molecule has 2 heterocycles. The molecule has 5 N–H and O–H groups in total. The zero-order valence-corrected chi connectivity index (χ0v) is 19.1. The van der Waals surface area contributed by atoms with Crippen molar-refractivity contribution in [2.45, 2.75) is 11.3 Å². The van der Waals surface area contributed by atoms with Gasteiger partial charge in [-0.1, -0.05) is 42.5 Å². The molecule has 0 bridgehead atoms. The molecule has 0 aliphatic carbocycles. The molecule has 9 nitrogen and oxygen atoms in total. The second kappa shape index (κ2) is 8.65. The third kappa shape index (κ3) is 4.46. The number of nitrogen functional groups attached to an aromatic ring is 1. The number of hydrogen-bond acceptors (Lipinski definition) is 6. The van der Waals surface area contributed by atoms with E-state index in [-0.39, 0.29) is 27.4 Å². The summed E-state index contributed by atoms with van der Waals surface area (Å²) in [6.07, 6.45) is 1.92. The molecule has 5 rings (SSSR count). The maximum atomic E-state index is 13.1. The molecule has 0 radical (unpaired) electrons. The molecule has 2 aromatic heterocycles. The van der Waals surface area contributed by atoms with Crippen molar-refractivity contribution in [2.75, 3.05) is 4.72 Å². The van der Waals surface area contributed by atoms with Crippen LogP contribution in [0.3, 0.4) is 0 Å². The molecule has 0 saturated carbocycles. The Morgan fingerprint density at radius 3 is 2.57 bits per heavy atom. The Bertz CT molecular complexity index is 1760. The van der Waals surface area contributed by atoms with Crippen molar-refractivity contribution < 1.29 is 8.42 Å². The molecule has 35 heavy (non-hydrogen) atoms. The van der Waals surface area contributed by atoms with E-state index in [4.69, 9.17) is 11.1 Å². The summed E-state index contributed by atoms with van der Waals surface area (Å²) in [7, 11) is -3.95. The summed E-state index contributed by atoms with van der Waals surface area (Å²) < 4.78 is 28.7. The molecule has 0 unspecified atom stereocenters. The summed E-state index contributed by atoms with van der Waals surface area (Å²) in [6.45, 7) is 0. The molecule has 0 amide bonds. The highest BCUT2D eigenvalue weighted by Gasteiger charge is 2.19. The lowest BCUT2D eigenvalue weighted by atomic mass is 10.1. The summed E-state index contributed by atoms with van der Waals surface area (Å²) in [6, 6.07) is 20.2. The van der Waals surface area contributed by atoms with Gasteiger partial charge in [0.2, 0.25) is 0 Å². The standard InChI is InChI=1S/C25H20N6O3S/c26-24(27)17-8-6-15(7-9-17)13-22-29-20-11-10-18(14-19(20)25(32)30-22)31-35(33,34)21-5-1-3-16-4-2-12-28-23(16)21/h1-12,14,31H,13H2,(H3,26,27)(H,29,30,32). The molecule has 0 aliphatic heterocycles. The van der Waals surface area contributed by atoms with Crippen LogP contribution >= 0.6 is 0 Å². The number of H-pyrrole nitrogens is 1. The predicted octanol–water partition coefficient (Wildman–Crippen LogP) is 3.15. The Balaban J connectivity index is 1.44. The van der Waals surface area contributed by atoms with Gasteiger partial charge in [0.1, 0.15) is 16.6 Å². The van der Waals surface area contributed by atoms with E-state index in [0.717, 1.165) is 5.56 Å². The van der Waals surface area contributed by atoms with Crippen molar-refractivity contribution in [3.8, 4) is 0 Å². The molecular formula is C25H20N6O3S. The Morgan fingerprint density at radius 1 is 1.03 bits per heavy atom. The number of amidine groups is 1. The van der Waals surface area contributed by atoms with Crippen LogP contribution in [0.25, 0.3) is 21.8 Å². The molecule has 0 fully saturated rings. The van der Waals surface area contributed by atoms with Gasteiger partial charge in [-0.2, -0.15) is 0 Å². The number of anilines is 1. The largest absolute Gasteiger partial charge is 0.384 e. The Morgan fingerprint density at radius 2 is 1.80 bits per heavy atom. The fourth-order valence-electron chi connectivity index (χ4n) is 3.83. The van der Waals surface area contributed by atoms with Crippen LogP contribution in [0.2, 0.25) is 0 Å². The molecule has 174 valence electrons. The highest BCUT2D eigenvalue weighted by atomic mass is 32.2. The lowest BCUT2D eigenvalue weighted by molar-refractivity contribution is 0.602. The van der Waals surface area contributed by atoms with Crippen LogP contribution in [-0.4, -0.2) is 29.2 Å². The van der Waals surface area contributed by atoms with Gasteiger partial charge >= 0.3 is 0 Å². The molecular weight excluding hydrogens is 464 g/mol. The van der Waals surface area contributed by atoms with E-state index >= 15 is 0 Å². The van der Waals surface area contributed by atoms with E-state index in [1.807, 2.05) is 12.1 Å². The zero-order valence-electron chi connectivity index (χ0n) is 18.3. The maximum Gasteiger partial charge on any atom is 0.264 e. The number of hydrogen-bond donors (Lipinski definition) is 4. The number of nitrogens with one attached hydrogen (secondary N) is 3. The number of aromatic amines is 1. The minimum absolute atomic E-state index is 0.0167. The smallest absolute Gasteiger partial charge is 0.264 e. The first-order valence-corrected chi connectivity index (χ1v) is 12.1. The van der Waals surface area contributed by atoms with E-state index in [9.17, 15) is 13.2 Å². The molecule has 0 spiro atoms. The fourth-order valence-corrected chi connectivity index (χ4v) is 5.06. The fraction of sp³-hybridized carbons (Fsp3) is 0.0400. The first kappa shape index (κ1) is 22.2. The minimum Gasteiger partial charge on any atom is -0.384 e. The number of para-hydroxylation sites is 1. The van der Waals surface area contributed by atoms with Gasteiger partial charge in [0.05, 0.1) is 16.4 Å². The van der Waals surface area contributed by atoms with Gasteiger partial charge in [0, 0.05) is 29.3 Å². The van der Waals surface area contributed by atoms with E-state index in [1.165, 1.54) is 18.3 Å². The van der Waals surface area contributed by atoms with Crippen LogP contribution in [-0.2, 0) is 16.4 Å². The van der Waals surface area contributed by atoms with Crippen molar-refractivity contribution in [3.05, 3.63) is 106 Å². The van der Waals surface area contributed by atoms with Crippen LogP contribution in [0.4, 0.5) is 5.69 Å². The zero-order chi connectivity index (χ0) is 24.6. The second-order valence-corrected chi connectivity index (χ2v) is 9.62. The van der Waals surface area contributed by atoms with Gasteiger partial charge in [0.25, 0.3) is 15.6 Å². The van der Waals surface area contributed by atoms with Gasteiger partial charge in [-0.05, 0) is 35.9 Å². The SMILES string of the molecule is N=C(N)c1ccc(Cc2nc3ccc(NS(=O)(=O)c4cccc5cccnc45)cc3c(=O)[nH]2)cc1. The predicted molar refractivity (Wildman–Crippen MR) is 135 cm³/mol. The van der Waals surface area contributed by atoms with Crippen LogP contribution in [0.5, 0.6) is 0 Å². The number of sulfonamides is 1. The van der Waals surface area contributed by atoms with E-state index in [1.54, 1.807) is 48.5 Å². The molecule has 3 aromatic carbocycles. The highest BCUT2D eigenvalue weighted by molar-refractivity contribution is 7.93. The number of benzene rings is 3. The topological polar surface area (TPSA) is 155 Å². The van der Waals surface area contributed by atoms with Crippen LogP contribution in [0.15, 0.2) is 88.7 Å². The number of rotatable bonds is 6. The van der Waals surface area contributed by atoms with Crippen LogP contribution in [0.1, 0.15) is 17.0 Å². The van der Waals surface area contributed by atoms with Gasteiger partial charge < -0.3 is 10.7 Å². The van der Waals surface area contributed by atoms with Crippen LogP contribution < -0.4 is 16.0 Å².